The number of carbonyl (C=O) groups is 2. The van der Waals surface area contributed by atoms with E-state index in [1.807, 2.05) is 0 Å². The summed E-state index contributed by atoms with van der Waals surface area (Å²) >= 11 is 0. The summed E-state index contributed by atoms with van der Waals surface area (Å²) in [4.78, 5) is 26.2. The number of amides is 2. The molecule has 0 bridgehead atoms. The fourth-order valence-electron chi connectivity index (χ4n) is 2.00. The number of nitrogens with zero attached hydrogens (tertiary/aromatic N) is 1. The molecule has 2 amide bonds. The minimum absolute atomic E-state index is 0.131. The monoisotopic (exact) mass is 237 g/mol. The summed E-state index contributed by atoms with van der Waals surface area (Å²) in [5.74, 6) is -2.19. The Hall–Kier alpha value is -1.82. The molecule has 0 spiro atoms. The molecule has 3 N–H and O–H groups in total. The minimum atomic E-state index is -0.692. The number of hydrogen-bond donors (Lipinski definition) is 2. The lowest BCUT2D eigenvalue weighted by Crippen LogP contribution is -2.40. The van der Waals surface area contributed by atoms with Crippen LogP contribution in [-0.4, -0.2) is 16.8 Å². The molecular weight excluding hydrogens is 225 g/mol. The molecule has 1 saturated heterocycles. The second-order valence-electron chi connectivity index (χ2n) is 3.88. The second-order valence-corrected chi connectivity index (χ2v) is 3.88. The number of pyridine rings is 1. The summed E-state index contributed by atoms with van der Waals surface area (Å²) < 4.78 is 13.7. The highest BCUT2D eigenvalue weighted by atomic mass is 19.1. The molecule has 1 aliphatic rings. The number of nitrogens with one attached hydrogen (secondary N) is 1. The maximum absolute atomic E-state index is 13.7. The smallest absolute Gasteiger partial charge is 0.234 e. The van der Waals surface area contributed by atoms with Crippen molar-refractivity contribution in [3.05, 3.63) is 29.3 Å². The van der Waals surface area contributed by atoms with E-state index in [4.69, 9.17) is 5.73 Å². The molecule has 1 aliphatic heterocycles. The number of aromatic nitrogens is 1. The van der Waals surface area contributed by atoms with Crippen molar-refractivity contribution in [2.24, 2.45) is 5.73 Å². The Morgan fingerprint density at radius 3 is 2.94 bits per heavy atom. The van der Waals surface area contributed by atoms with E-state index in [1.165, 1.54) is 6.20 Å². The van der Waals surface area contributed by atoms with Crippen LogP contribution >= 0.6 is 0 Å². The first-order chi connectivity index (χ1) is 8.13. The lowest BCUT2D eigenvalue weighted by atomic mass is 9.88. The van der Waals surface area contributed by atoms with E-state index >= 15 is 0 Å². The zero-order chi connectivity index (χ0) is 12.4. The molecule has 1 atom stereocenters. The van der Waals surface area contributed by atoms with E-state index in [9.17, 15) is 14.0 Å². The zero-order valence-corrected chi connectivity index (χ0v) is 9.07. The molecular formula is C11H12FN3O2. The van der Waals surface area contributed by atoms with Crippen molar-refractivity contribution in [2.75, 3.05) is 0 Å². The first kappa shape index (κ1) is 11.7. The molecule has 1 aromatic rings. The molecule has 5 nitrogen and oxygen atoms in total. The van der Waals surface area contributed by atoms with E-state index in [1.54, 1.807) is 6.07 Å². The summed E-state index contributed by atoms with van der Waals surface area (Å²) in [6, 6.07) is 1.59. The van der Waals surface area contributed by atoms with Crippen molar-refractivity contribution < 1.29 is 14.0 Å². The van der Waals surface area contributed by atoms with Crippen LogP contribution in [0.4, 0.5) is 4.39 Å². The van der Waals surface area contributed by atoms with Crippen LogP contribution in [0.25, 0.3) is 0 Å². The summed E-state index contributed by atoms with van der Waals surface area (Å²) in [5, 5.41) is 2.19. The lowest BCUT2D eigenvalue weighted by molar-refractivity contribution is -0.134. The Kier molecular flexibility index (Phi) is 3.14. The molecule has 1 fully saturated rings. The standard InChI is InChI=1S/C11H12FN3O2/c12-10-9(6(5-13)3-4-14-10)7-1-2-8(16)15-11(7)17/h3-4,7H,1-2,5,13H2,(H,15,16,17). The normalized spacial score (nSPS) is 20.2. The molecule has 0 radical (unpaired) electrons. The Bertz CT molecular complexity index is 476. The van der Waals surface area contributed by atoms with Gasteiger partial charge in [-0.2, -0.15) is 4.39 Å². The average molecular weight is 237 g/mol. The van der Waals surface area contributed by atoms with Gasteiger partial charge in [0.05, 0.1) is 5.92 Å². The molecule has 2 rings (SSSR count). The van der Waals surface area contributed by atoms with Gasteiger partial charge in [0.25, 0.3) is 0 Å². The maximum atomic E-state index is 13.7. The van der Waals surface area contributed by atoms with E-state index in [0.717, 1.165) is 0 Å². The van der Waals surface area contributed by atoms with Crippen LogP contribution in [0.15, 0.2) is 12.3 Å². The van der Waals surface area contributed by atoms with Crippen molar-refractivity contribution in [1.29, 1.82) is 0 Å². The number of nitrogens with two attached hydrogens (primary N) is 1. The Morgan fingerprint density at radius 2 is 2.29 bits per heavy atom. The maximum Gasteiger partial charge on any atom is 0.234 e. The van der Waals surface area contributed by atoms with Gasteiger partial charge in [-0.1, -0.05) is 0 Å². The highest BCUT2D eigenvalue weighted by Gasteiger charge is 2.31. The fourth-order valence-corrected chi connectivity index (χ4v) is 2.00. The SMILES string of the molecule is NCc1ccnc(F)c1C1CCC(=O)NC1=O. The van der Waals surface area contributed by atoms with E-state index in [0.29, 0.717) is 12.0 Å². The predicted molar refractivity (Wildman–Crippen MR) is 57.2 cm³/mol. The van der Waals surface area contributed by atoms with Crippen LogP contribution < -0.4 is 11.1 Å². The molecule has 17 heavy (non-hydrogen) atoms. The van der Waals surface area contributed by atoms with Gasteiger partial charge in [-0.3, -0.25) is 14.9 Å². The first-order valence-corrected chi connectivity index (χ1v) is 5.30. The fraction of sp³-hybridized carbons (Fsp3) is 0.364. The number of piperidine rings is 1. The topological polar surface area (TPSA) is 85.1 Å². The second kappa shape index (κ2) is 4.58. The Balaban J connectivity index is 2.39. The third-order valence-corrected chi connectivity index (χ3v) is 2.84. The average Bonchev–Trinajstić information content (AvgIpc) is 2.30. The molecule has 2 heterocycles. The van der Waals surface area contributed by atoms with Crippen LogP contribution in [0.2, 0.25) is 0 Å². The number of halogens is 1. The van der Waals surface area contributed by atoms with Crippen LogP contribution in [0.5, 0.6) is 0 Å². The predicted octanol–water partition coefficient (Wildman–Crippen LogP) is 0.200. The van der Waals surface area contributed by atoms with Crippen molar-refractivity contribution in [3.8, 4) is 0 Å². The van der Waals surface area contributed by atoms with Gasteiger partial charge in [-0.15, -0.1) is 0 Å². The van der Waals surface area contributed by atoms with Crippen LogP contribution in [0, 0.1) is 5.95 Å². The largest absolute Gasteiger partial charge is 0.326 e. The Morgan fingerprint density at radius 1 is 1.53 bits per heavy atom. The molecule has 0 saturated carbocycles. The minimum Gasteiger partial charge on any atom is -0.326 e. The highest BCUT2D eigenvalue weighted by Crippen LogP contribution is 2.28. The highest BCUT2D eigenvalue weighted by molar-refractivity contribution is 6.01. The van der Waals surface area contributed by atoms with Gasteiger partial charge in [0, 0.05) is 24.7 Å². The van der Waals surface area contributed by atoms with Gasteiger partial charge in [0.1, 0.15) is 0 Å². The van der Waals surface area contributed by atoms with Crippen molar-refractivity contribution in [3.63, 3.8) is 0 Å². The summed E-state index contributed by atoms with van der Waals surface area (Å²) in [5.41, 5.74) is 6.26. The van der Waals surface area contributed by atoms with Gasteiger partial charge in [0.15, 0.2) is 0 Å². The molecule has 1 aromatic heterocycles. The number of imide groups is 1. The number of rotatable bonds is 2. The van der Waals surface area contributed by atoms with Crippen LogP contribution in [0.1, 0.15) is 29.9 Å². The number of carbonyl (C=O) groups excluding carboxylic acids is 2. The lowest BCUT2D eigenvalue weighted by Gasteiger charge is -2.22. The van der Waals surface area contributed by atoms with Crippen LogP contribution in [0.3, 0.4) is 0 Å². The van der Waals surface area contributed by atoms with E-state index in [-0.39, 0.29) is 24.4 Å². The van der Waals surface area contributed by atoms with Gasteiger partial charge in [-0.25, -0.2) is 4.98 Å². The van der Waals surface area contributed by atoms with E-state index < -0.39 is 17.8 Å². The summed E-state index contributed by atoms with van der Waals surface area (Å²) in [6.07, 6.45) is 1.81. The third-order valence-electron chi connectivity index (χ3n) is 2.84. The third kappa shape index (κ3) is 2.16. The first-order valence-electron chi connectivity index (χ1n) is 5.30. The molecule has 0 aromatic carbocycles. The van der Waals surface area contributed by atoms with Gasteiger partial charge < -0.3 is 5.73 Å². The summed E-state index contributed by atoms with van der Waals surface area (Å²) in [7, 11) is 0. The van der Waals surface area contributed by atoms with Gasteiger partial charge in [0.2, 0.25) is 17.8 Å². The number of hydrogen-bond acceptors (Lipinski definition) is 4. The molecule has 90 valence electrons. The van der Waals surface area contributed by atoms with E-state index in [2.05, 4.69) is 10.3 Å². The Labute approximate surface area is 97.2 Å². The van der Waals surface area contributed by atoms with Crippen molar-refractivity contribution in [2.45, 2.75) is 25.3 Å². The molecule has 0 aliphatic carbocycles. The van der Waals surface area contributed by atoms with Crippen molar-refractivity contribution in [1.82, 2.24) is 10.3 Å². The molecule has 6 heteroatoms. The van der Waals surface area contributed by atoms with Gasteiger partial charge >= 0.3 is 0 Å². The molecule has 1 unspecified atom stereocenters. The van der Waals surface area contributed by atoms with Crippen molar-refractivity contribution >= 4 is 11.8 Å². The van der Waals surface area contributed by atoms with Gasteiger partial charge in [-0.05, 0) is 18.1 Å². The zero-order valence-electron chi connectivity index (χ0n) is 9.07. The van der Waals surface area contributed by atoms with Crippen LogP contribution in [-0.2, 0) is 16.1 Å². The quantitative estimate of drug-likeness (QED) is 0.568. The summed E-state index contributed by atoms with van der Waals surface area (Å²) in [6.45, 7) is 0.131.